The van der Waals surface area contributed by atoms with Gasteiger partial charge in [-0.2, -0.15) is 0 Å². The van der Waals surface area contributed by atoms with Crippen LogP contribution in [0.2, 0.25) is 0 Å². The van der Waals surface area contributed by atoms with Crippen LogP contribution < -0.4 is 10.6 Å². The van der Waals surface area contributed by atoms with Gasteiger partial charge >= 0.3 is 12.1 Å². The maximum Gasteiger partial charge on any atom is 0.407 e. The number of hydrogen-bond acceptors (Lipinski definition) is 4. The molecular weight excluding hydrogens is 432 g/mol. The number of carbonyl (C=O) groups excluding carboxylic acids is 2. The number of carboxylic acids is 1. The van der Waals surface area contributed by atoms with E-state index < -0.39 is 24.0 Å². The van der Waals surface area contributed by atoms with Crippen LogP contribution in [0.25, 0.3) is 11.1 Å². The van der Waals surface area contributed by atoms with Gasteiger partial charge in [-0.25, -0.2) is 4.79 Å². The lowest BCUT2D eigenvalue weighted by atomic mass is 9.85. The van der Waals surface area contributed by atoms with Crippen LogP contribution in [0, 0.1) is 11.8 Å². The van der Waals surface area contributed by atoms with Gasteiger partial charge in [0.2, 0.25) is 5.91 Å². The number of hydrogen-bond donors (Lipinski definition) is 3. The zero-order chi connectivity index (χ0) is 24.2. The number of ether oxygens (including phenoxy) is 1. The van der Waals surface area contributed by atoms with Crippen molar-refractivity contribution in [1.82, 2.24) is 10.6 Å². The lowest BCUT2D eigenvalue weighted by Gasteiger charge is -2.30. The Bertz CT molecular complexity index is 1020. The Morgan fingerprint density at radius 2 is 1.62 bits per heavy atom. The van der Waals surface area contributed by atoms with E-state index in [1.165, 1.54) is 11.1 Å². The number of nitrogens with one attached hydrogen (secondary N) is 2. The molecule has 7 nitrogen and oxygen atoms in total. The molecule has 1 fully saturated rings. The molecule has 0 heterocycles. The zero-order valence-electron chi connectivity index (χ0n) is 19.6. The van der Waals surface area contributed by atoms with E-state index in [4.69, 9.17) is 9.84 Å². The fourth-order valence-corrected chi connectivity index (χ4v) is 5.05. The highest BCUT2D eigenvalue weighted by molar-refractivity contribution is 5.81. The van der Waals surface area contributed by atoms with Crippen LogP contribution in [-0.4, -0.2) is 41.8 Å². The molecule has 2 aliphatic rings. The predicted molar refractivity (Wildman–Crippen MR) is 128 cm³/mol. The molecule has 2 aromatic rings. The molecule has 2 aliphatic carbocycles. The average Bonchev–Trinajstić information content (AvgIpc) is 3.16. The standard InChI is InChI=1S/C27H32N2O5/c1-16(26(31)32)17(2)28-25(30)18-8-7-9-19(14-18)29-27(33)34-15-24-22-12-5-3-10-20(22)21-11-4-6-13-23(21)24/h3-6,10-13,16-19,24H,7-9,14-15H2,1-2H3,(H,28,30)(H,29,33)(H,31,32)/t16?,17?,18-,19-/m1/s1. The van der Waals surface area contributed by atoms with E-state index >= 15 is 0 Å². The molecule has 0 aliphatic heterocycles. The molecule has 0 saturated heterocycles. The van der Waals surface area contributed by atoms with Crippen molar-refractivity contribution in [2.24, 2.45) is 11.8 Å². The van der Waals surface area contributed by atoms with E-state index in [0.29, 0.717) is 6.42 Å². The molecule has 34 heavy (non-hydrogen) atoms. The van der Waals surface area contributed by atoms with Gasteiger partial charge in [0.25, 0.3) is 0 Å². The summed E-state index contributed by atoms with van der Waals surface area (Å²) in [7, 11) is 0. The minimum Gasteiger partial charge on any atom is -0.481 e. The maximum atomic E-state index is 12.7. The van der Waals surface area contributed by atoms with E-state index in [0.717, 1.165) is 30.4 Å². The SMILES string of the molecule is CC(NC(=O)[C@@H]1CCC[C@@H](NC(=O)OCC2c3ccccc3-c3ccccc32)C1)C(C)C(=O)O. The molecule has 2 unspecified atom stereocenters. The zero-order valence-corrected chi connectivity index (χ0v) is 19.6. The van der Waals surface area contributed by atoms with E-state index in [9.17, 15) is 14.4 Å². The first-order valence-electron chi connectivity index (χ1n) is 12.0. The third-order valence-electron chi connectivity index (χ3n) is 7.22. The van der Waals surface area contributed by atoms with Crippen LogP contribution in [0.5, 0.6) is 0 Å². The molecule has 4 rings (SSSR count). The average molecular weight is 465 g/mol. The first-order valence-corrected chi connectivity index (χ1v) is 12.0. The normalized spacial score (nSPS) is 21.0. The molecule has 2 aromatic carbocycles. The number of fused-ring (bicyclic) bond motifs is 3. The third kappa shape index (κ3) is 5.08. The van der Waals surface area contributed by atoms with Gasteiger partial charge in [0, 0.05) is 23.9 Å². The van der Waals surface area contributed by atoms with Crippen LogP contribution in [0.4, 0.5) is 4.79 Å². The Labute approximate surface area is 199 Å². The highest BCUT2D eigenvalue weighted by atomic mass is 16.5. The number of alkyl carbamates (subject to hydrolysis) is 1. The van der Waals surface area contributed by atoms with Gasteiger partial charge in [-0.05, 0) is 55.4 Å². The highest BCUT2D eigenvalue weighted by Crippen LogP contribution is 2.44. The van der Waals surface area contributed by atoms with Crippen LogP contribution in [0.15, 0.2) is 48.5 Å². The van der Waals surface area contributed by atoms with Gasteiger partial charge in [-0.15, -0.1) is 0 Å². The van der Waals surface area contributed by atoms with Crippen LogP contribution >= 0.6 is 0 Å². The van der Waals surface area contributed by atoms with Crippen LogP contribution in [0.1, 0.15) is 56.6 Å². The summed E-state index contributed by atoms with van der Waals surface area (Å²) in [6, 6.07) is 15.8. The van der Waals surface area contributed by atoms with E-state index in [-0.39, 0.29) is 30.4 Å². The van der Waals surface area contributed by atoms with Crippen molar-refractivity contribution in [2.75, 3.05) is 6.61 Å². The van der Waals surface area contributed by atoms with Gasteiger partial charge in [0.05, 0.1) is 5.92 Å². The van der Waals surface area contributed by atoms with E-state index in [2.05, 4.69) is 34.9 Å². The number of benzene rings is 2. The molecular formula is C27H32N2O5. The first-order chi connectivity index (χ1) is 16.3. The van der Waals surface area contributed by atoms with Gasteiger partial charge < -0.3 is 20.5 Å². The summed E-state index contributed by atoms with van der Waals surface area (Å²) < 4.78 is 5.64. The van der Waals surface area contributed by atoms with Crippen molar-refractivity contribution in [2.45, 2.75) is 57.5 Å². The topological polar surface area (TPSA) is 105 Å². The molecule has 0 bridgehead atoms. The van der Waals surface area contributed by atoms with Gasteiger partial charge in [-0.1, -0.05) is 55.0 Å². The van der Waals surface area contributed by atoms with Crippen molar-refractivity contribution in [3.05, 3.63) is 59.7 Å². The molecule has 1 saturated carbocycles. The van der Waals surface area contributed by atoms with Crippen molar-refractivity contribution < 1.29 is 24.2 Å². The molecule has 0 radical (unpaired) electrons. The second-order valence-electron chi connectivity index (χ2n) is 9.45. The number of carbonyl (C=O) groups is 3. The lowest BCUT2D eigenvalue weighted by molar-refractivity contribution is -0.142. The summed E-state index contributed by atoms with van der Waals surface area (Å²) in [4.78, 5) is 36.4. The molecule has 0 spiro atoms. The Kier molecular flexibility index (Phi) is 7.20. The second kappa shape index (κ2) is 10.3. The van der Waals surface area contributed by atoms with E-state index in [1.54, 1.807) is 13.8 Å². The van der Waals surface area contributed by atoms with Gasteiger partial charge in [-0.3, -0.25) is 9.59 Å². The maximum absolute atomic E-state index is 12.7. The molecule has 0 aromatic heterocycles. The third-order valence-corrected chi connectivity index (χ3v) is 7.22. The van der Waals surface area contributed by atoms with Gasteiger partial charge in [0.15, 0.2) is 0 Å². The quantitative estimate of drug-likeness (QED) is 0.566. The predicted octanol–water partition coefficient (Wildman–Crippen LogP) is 4.31. The van der Waals surface area contributed by atoms with Crippen molar-refractivity contribution in [1.29, 1.82) is 0 Å². The summed E-state index contributed by atoms with van der Waals surface area (Å²) >= 11 is 0. The van der Waals surface area contributed by atoms with Gasteiger partial charge in [0.1, 0.15) is 6.61 Å². The molecule has 2 amide bonds. The van der Waals surface area contributed by atoms with Crippen LogP contribution in [-0.2, 0) is 14.3 Å². The lowest BCUT2D eigenvalue weighted by Crippen LogP contribution is -2.46. The largest absolute Gasteiger partial charge is 0.481 e. The molecule has 4 atom stereocenters. The second-order valence-corrected chi connectivity index (χ2v) is 9.45. The minimum absolute atomic E-state index is 0.000689. The molecule has 3 N–H and O–H groups in total. The minimum atomic E-state index is -0.939. The Hall–Kier alpha value is -3.35. The number of aliphatic carboxylic acids is 1. The number of amides is 2. The molecule has 7 heteroatoms. The molecule has 180 valence electrons. The van der Waals surface area contributed by atoms with Crippen molar-refractivity contribution in [3.63, 3.8) is 0 Å². The number of rotatable bonds is 7. The summed E-state index contributed by atoms with van der Waals surface area (Å²) in [5.74, 6) is -2.01. The summed E-state index contributed by atoms with van der Waals surface area (Å²) in [5, 5.41) is 14.9. The number of carboxylic acid groups (broad SMARTS) is 1. The highest BCUT2D eigenvalue weighted by Gasteiger charge is 2.32. The Morgan fingerprint density at radius 1 is 1.00 bits per heavy atom. The fourth-order valence-electron chi connectivity index (χ4n) is 5.05. The van der Waals surface area contributed by atoms with Crippen LogP contribution in [0.3, 0.4) is 0 Å². The van der Waals surface area contributed by atoms with Crippen molar-refractivity contribution >= 4 is 18.0 Å². The summed E-state index contributed by atoms with van der Waals surface area (Å²) in [5.41, 5.74) is 4.69. The van der Waals surface area contributed by atoms with Crippen molar-refractivity contribution in [3.8, 4) is 11.1 Å². The first kappa shape index (κ1) is 23.8. The summed E-state index contributed by atoms with van der Waals surface area (Å²) in [6.45, 7) is 3.53. The Balaban J connectivity index is 1.31. The van der Waals surface area contributed by atoms with E-state index in [1.807, 2.05) is 24.3 Å². The fraction of sp³-hybridized carbons (Fsp3) is 0.444. The smallest absolute Gasteiger partial charge is 0.407 e. The summed E-state index contributed by atoms with van der Waals surface area (Å²) in [6.07, 6.45) is 2.37. The monoisotopic (exact) mass is 464 g/mol. The Morgan fingerprint density at radius 3 is 2.24 bits per heavy atom.